The first-order chi connectivity index (χ1) is 13.3. The fourth-order valence-electron chi connectivity index (χ4n) is 3.12. The summed E-state index contributed by atoms with van der Waals surface area (Å²) in [5.74, 6) is 0.633. The molecule has 8 heteroatoms. The van der Waals surface area contributed by atoms with Gasteiger partial charge in [0.15, 0.2) is 11.5 Å². The zero-order valence-electron chi connectivity index (χ0n) is 16.1. The summed E-state index contributed by atoms with van der Waals surface area (Å²) in [6.45, 7) is 4.68. The highest BCUT2D eigenvalue weighted by molar-refractivity contribution is 7.92. The summed E-state index contributed by atoms with van der Waals surface area (Å²) in [7, 11) is -3.70. The first-order valence-corrected chi connectivity index (χ1v) is 10.8. The Morgan fingerprint density at radius 2 is 1.82 bits per heavy atom. The topological polar surface area (TPSA) is 84.9 Å². The van der Waals surface area contributed by atoms with E-state index < -0.39 is 16.1 Å². The maximum Gasteiger partial charge on any atom is 0.243 e. The molecule has 1 aliphatic rings. The smallest absolute Gasteiger partial charge is 0.243 e. The summed E-state index contributed by atoms with van der Waals surface area (Å²) < 4.78 is 37.0. The van der Waals surface area contributed by atoms with Crippen LogP contribution < -0.4 is 19.1 Å². The molecule has 1 amide bonds. The SMILES string of the molecule is Cc1ccccc1CNC(=O)[C@@H](C)N(c1ccc2c(c1)OCCO2)S(C)(=O)=O. The molecule has 0 bridgehead atoms. The number of amides is 1. The average molecular weight is 404 g/mol. The Balaban J connectivity index is 1.81. The zero-order valence-corrected chi connectivity index (χ0v) is 17.0. The molecule has 0 fully saturated rings. The molecule has 1 N–H and O–H groups in total. The van der Waals surface area contributed by atoms with Crippen LogP contribution in [-0.4, -0.2) is 39.8 Å². The summed E-state index contributed by atoms with van der Waals surface area (Å²) in [5, 5.41) is 2.82. The van der Waals surface area contributed by atoms with E-state index in [0.29, 0.717) is 36.9 Å². The second-order valence-corrected chi connectivity index (χ2v) is 8.57. The van der Waals surface area contributed by atoms with Crippen molar-refractivity contribution >= 4 is 21.6 Å². The fraction of sp³-hybridized carbons (Fsp3) is 0.350. The number of rotatable bonds is 6. The van der Waals surface area contributed by atoms with Gasteiger partial charge in [0.2, 0.25) is 15.9 Å². The predicted molar refractivity (Wildman–Crippen MR) is 107 cm³/mol. The largest absolute Gasteiger partial charge is 0.486 e. The molecule has 3 rings (SSSR count). The molecular weight excluding hydrogens is 380 g/mol. The van der Waals surface area contributed by atoms with Gasteiger partial charge in [0.05, 0.1) is 11.9 Å². The van der Waals surface area contributed by atoms with E-state index >= 15 is 0 Å². The van der Waals surface area contributed by atoms with E-state index in [4.69, 9.17) is 9.47 Å². The van der Waals surface area contributed by atoms with Crippen LogP contribution in [0.25, 0.3) is 0 Å². The molecule has 0 spiro atoms. The van der Waals surface area contributed by atoms with Crippen molar-refractivity contribution in [1.29, 1.82) is 0 Å². The van der Waals surface area contributed by atoms with Gasteiger partial charge in [-0.3, -0.25) is 9.10 Å². The van der Waals surface area contributed by atoms with Gasteiger partial charge >= 0.3 is 0 Å². The van der Waals surface area contributed by atoms with Crippen molar-refractivity contribution in [3.05, 3.63) is 53.6 Å². The van der Waals surface area contributed by atoms with Gasteiger partial charge in [-0.2, -0.15) is 0 Å². The van der Waals surface area contributed by atoms with E-state index in [1.807, 2.05) is 31.2 Å². The lowest BCUT2D eigenvalue weighted by atomic mass is 10.1. The van der Waals surface area contributed by atoms with Gasteiger partial charge in [-0.25, -0.2) is 8.42 Å². The number of nitrogens with zero attached hydrogens (tertiary/aromatic N) is 1. The highest BCUT2D eigenvalue weighted by Gasteiger charge is 2.30. The third-order valence-corrected chi connectivity index (χ3v) is 5.82. The molecule has 0 saturated carbocycles. The number of nitrogens with one attached hydrogen (secondary N) is 1. The third-order valence-electron chi connectivity index (χ3n) is 4.58. The van der Waals surface area contributed by atoms with Gasteiger partial charge in [-0.1, -0.05) is 24.3 Å². The summed E-state index contributed by atoms with van der Waals surface area (Å²) in [6, 6.07) is 11.6. The molecule has 150 valence electrons. The van der Waals surface area contributed by atoms with Gasteiger partial charge in [0.1, 0.15) is 19.3 Å². The van der Waals surface area contributed by atoms with Crippen LogP contribution >= 0.6 is 0 Å². The molecule has 2 aromatic rings. The van der Waals surface area contributed by atoms with E-state index in [1.54, 1.807) is 25.1 Å². The van der Waals surface area contributed by atoms with Gasteiger partial charge < -0.3 is 14.8 Å². The normalized spacial score (nSPS) is 14.2. The van der Waals surface area contributed by atoms with Crippen LogP contribution in [0.15, 0.2) is 42.5 Å². The number of fused-ring (bicyclic) bond motifs is 1. The Labute approximate surface area is 165 Å². The number of anilines is 1. The zero-order chi connectivity index (χ0) is 20.3. The number of ether oxygens (including phenoxy) is 2. The Bertz CT molecular complexity index is 974. The quantitative estimate of drug-likeness (QED) is 0.798. The number of hydrogen-bond acceptors (Lipinski definition) is 5. The molecule has 2 aromatic carbocycles. The van der Waals surface area contributed by atoms with Gasteiger partial charge in [-0.05, 0) is 37.1 Å². The molecule has 0 aliphatic carbocycles. The van der Waals surface area contributed by atoms with Crippen LogP contribution in [0.5, 0.6) is 11.5 Å². The summed E-state index contributed by atoms with van der Waals surface area (Å²) in [5.41, 5.74) is 2.39. The predicted octanol–water partition coefficient (Wildman–Crippen LogP) is 2.24. The number of sulfonamides is 1. The lowest BCUT2D eigenvalue weighted by molar-refractivity contribution is -0.122. The van der Waals surface area contributed by atoms with Crippen molar-refractivity contribution in [1.82, 2.24) is 5.32 Å². The number of benzene rings is 2. The van der Waals surface area contributed by atoms with Crippen LogP contribution in [0.4, 0.5) is 5.69 Å². The minimum atomic E-state index is -3.70. The third kappa shape index (κ3) is 4.39. The van der Waals surface area contributed by atoms with Crippen molar-refractivity contribution in [2.24, 2.45) is 0 Å². The summed E-state index contributed by atoms with van der Waals surface area (Å²) in [6.07, 6.45) is 1.08. The molecule has 1 heterocycles. The highest BCUT2D eigenvalue weighted by atomic mass is 32.2. The number of carbonyl (C=O) groups excluding carboxylic acids is 1. The lowest BCUT2D eigenvalue weighted by Gasteiger charge is -2.29. The van der Waals surface area contributed by atoms with E-state index in [1.165, 1.54) is 0 Å². The van der Waals surface area contributed by atoms with E-state index in [-0.39, 0.29) is 5.91 Å². The monoisotopic (exact) mass is 404 g/mol. The van der Waals surface area contributed by atoms with Crippen LogP contribution in [0.3, 0.4) is 0 Å². The second-order valence-electron chi connectivity index (χ2n) is 6.71. The molecule has 7 nitrogen and oxygen atoms in total. The van der Waals surface area contributed by atoms with Gasteiger partial charge in [0, 0.05) is 12.6 Å². The molecule has 28 heavy (non-hydrogen) atoms. The minimum Gasteiger partial charge on any atom is -0.486 e. The van der Waals surface area contributed by atoms with E-state index in [9.17, 15) is 13.2 Å². The molecular formula is C20H24N2O5S. The maximum atomic E-state index is 12.7. The number of hydrogen-bond donors (Lipinski definition) is 1. The Morgan fingerprint density at radius 1 is 1.14 bits per heavy atom. The molecule has 0 aromatic heterocycles. The second kappa shape index (κ2) is 8.10. The molecule has 0 unspecified atom stereocenters. The first-order valence-electron chi connectivity index (χ1n) is 8.98. The van der Waals surface area contributed by atoms with Crippen molar-refractivity contribution in [3.8, 4) is 11.5 Å². The number of aryl methyl sites for hydroxylation is 1. The van der Waals surface area contributed by atoms with Crippen LogP contribution in [-0.2, 0) is 21.4 Å². The molecule has 1 atom stereocenters. The van der Waals surface area contributed by atoms with Gasteiger partial charge in [0.25, 0.3) is 0 Å². The van der Waals surface area contributed by atoms with E-state index in [2.05, 4.69) is 5.32 Å². The van der Waals surface area contributed by atoms with Crippen LogP contribution in [0.2, 0.25) is 0 Å². The summed E-state index contributed by atoms with van der Waals surface area (Å²) in [4.78, 5) is 12.7. The van der Waals surface area contributed by atoms with Crippen molar-refractivity contribution in [2.75, 3.05) is 23.8 Å². The number of carbonyl (C=O) groups is 1. The Kier molecular flexibility index (Phi) is 5.79. The van der Waals surface area contributed by atoms with Crippen molar-refractivity contribution in [2.45, 2.75) is 26.4 Å². The minimum absolute atomic E-state index is 0.328. The van der Waals surface area contributed by atoms with Gasteiger partial charge in [-0.15, -0.1) is 0 Å². The van der Waals surface area contributed by atoms with Crippen molar-refractivity contribution < 1.29 is 22.7 Å². The van der Waals surface area contributed by atoms with Crippen LogP contribution in [0, 0.1) is 6.92 Å². The average Bonchev–Trinajstić information content (AvgIpc) is 2.66. The molecule has 0 saturated heterocycles. The van der Waals surface area contributed by atoms with Crippen LogP contribution in [0.1, 0.15) is 18.1 Å². The molecule has 1 aliphatic heterocycles. The van der Waals surface area contributed by atoms with Crippen molar-refractivity contribution in [3.63, 3.8) is 0 Å². The first kappa shape index (κ1) is 20.0. The lowest BCUT2D eigenvalue weighted by Crippen LogP contribution is -2.47. The summed E-state index contributed by atoms with van der Waals surface area (Å²) >= 11 is 0. The Morgan fingerprint density at radius 3 is 2.50 bits per heavy atom. The standard InChI is InChI=1S/C20H24N2O5S/c1-14-6-4-5-7-16(14)13-21-20(23)15(2)22(28(3,24)25)17-8-9-18-19(12-17)27-11-10-26-18/h4-9,12,15H,10-11,13H2,1-3H3,(H,21,23)/t15-/m1/s1. The fourth-order valence-corrected chi connectivity index (χ4v) is 4.28. The maximum absolute atomic E-state index is 12.7. The highest BCUT2D eigenvalue weighted by Crippen LogP contribution is 2.35. The Hall–Kier alpha value is -2.74. The van der Waals surface area contributed by atoms with E-state index in [0.717, 1.165) is 21.7 Å². The molecule has 0 radical (unpaired) electrons.